The van der Waals surface area contributed by atoms with Crippen molar-refractivity contribution < 1.29 is 4.74 Å². The maximum atomic E-state index is 6.39. The molecule has 0 unspecified atom stereocenters. The Bertz CT molecular complexity index is 414. The number of rotatable bonds is 3. The van der Waals surface area contributed by atoms with Crippen LogP contribution < -0.4 is 10.5 Å². The monoisotopic (exact) mass is 273 g/mol. The molecular formula is C13H17Cl2NO. The van der Waals surface area contributed by atoms with Crippen LogP contribution in [0.25, 0.3) is 0 Å². The van der Waals surface area contributed by atoms with Crippen LogP contribution in [0.3, 0.4) is 0 Å². The molecular weight excluding hydrogens is 257 g/mol. The van der Waals surface area contributed by atoms with E-state index in [1.165, 1.54) is 12.8 Å². The van der Waals surface area contributed by atoms with Gasteiger partial charge < -0.3 is 10.5 Å². The first-order chi connectivity index (χ1) is 8.13. The zero-order chi connectivity index (χ0) is 12.5. The highest BCUT2D eigenvalue weighted by Gasteiger charge is 2.36. The van der Waals surface area contributed by atoms with Gasteiger partial charge in [0.15, 0.2) is 0 Å². The summed E-state index contributed by atoms with van der Waals surface area (Å²) in [7, 11) is 1.60. The van der Waals surface area contributed by atoms with Crippen LogP contribution in [0.1, 0.15) is 31.2 Å². The average Bonchev–Trinajstić information content (AvgIpc) is 2.81. The minimum absolute atomic E-state index is 0.0186. The van der Waals surface area contributed by atoms with E-state index in [2.05, 4.69) is 0 Å². The third-order valence-electron chi connectivity index (χ3n) is 3.75. The minimum atomic E-state index is -0.0186. The van der Waals surface area contributed by atoms with Crippen molar-refractivity contribution in [3.8, 4) is 5.75 Å². The molecule has 0 spiro atoms. The fourth-order valence-electron chi connectivity index (χ4n) is 2.73. The lowest BCUT2D eigenvalue weighted by molar-refractivity contribution is 0.408. The first-order valence-corrected chi connectivity index (χ1v) is 6.62. The maximum absolute atomic E-state index is 6.39. The van der Waals surface area contributed by atoms with E-state index < -0.39 is 0 Å². The van der Waals surface area contributed by atoms with Crippen LogP contribution in [0.15, 0.2) is 12.1 Å². The van der Waals surface area contributed by atoms with Crippen LogP contribution in [-0.4, -0.2) is 13.7 Å². The highest BCUT2D eigenvalue weighted by atomic mass is 35.5. The molecule has 1 aliphatic carbocycles. The van der Waals surface area contributed by atoms with Crippen molar-refractivity contribution >= 4 is 23.2 Å². The van der Waals surface area contributed by atoms with Crippen molar-refractivity contribution in [2.24, 2.45) is 5.73 Å². The number of halogens is 2. The summed E-state index contributed by atoms with van der Waals surface area (Å²) < 4.78 is 5.26. The molecule has 1 aromatic carbocycles. The summed E-state index contributed by atoms with van der Waals surface area (Å²) in [5, 5.41) is 1.31. The molecule has 0 atom stereocenters. The number of benzene rings is 1. The third kappa shape index (κ3) is 2.26. The smallest absolute Gasteiger partial charge is 0.139 e. The number of methoxy groups -OCH3 is 1. The van der Waals surface area contributed by atoms with E-state index in [0.29, 0.717) is 22.3 Å². The predicted octanol–water partition coefficient (Wildman–Crippen LogP) is 3.77. The molecule has 1 saturated carbocycles. The second kappa shape index (κ2) is 5.05. The van der Waals surface area contributed by atoms with Gasteiger partial charge in [-0.3, -0.25) is 0 Å². The zero-order valence-electron chi connectivity index (χ0n) is 9.93. The Morgan fingerprint density at radius 2 is 1.94 bits per heavy atom. The van der Waals surface area contributed by atoms with Crippen LogP contribution in [0.2, 0.25) is 10.0 Å². The minimum Gasteiger partial charge on any atom is -0.495 e. The molecule has 0 bridgehead atoms. The Morgan fingerprint density at radius 3 is 2.47 bits per heavy atom. The molecule has 2 N–H and O–H groups in total. The van der Waals surface area contributed by atoms with E-state index in [1.807, 2.05) is 6.07 Å². The van der Waals surface area contributed by atoms with E-state index in [1.54, 1.807) is 13.2 Å². The zero-order valence-corrected chi connectivity index (χ0v) is 11.4. The fraction of sp³-hybridized carbons (Fsp3) is 0.538. The van der Waals surface area contributed by atoms with Gasteiger partial charge in [0, 0.05) is 23.0 Å². The van der Waals surface area contributed by atoms with E-state index in [-0.39, 0.29) is 5.41 Å². The van der Waals surface area contributed by atoms with Crippen molar-refractivity contribution in [2.75, 3.05) is 13.7 Å². The molecule has 1 aliphatic rings. The number of hydrogen-bond acceptors (Lipinski definition) is 2. The van der Waals surface area contributed by atoms with E-state index >= 15 is 0 Å². The third-order valence-corrected chi connectivity index (χ3v) is 4.35. The lowest BCUT2D eigenvalue weighted by atomic mass is 9.79. The van der Waals surface area contributed by atoms with Crippen LogP contribution in [0, 0.1) is 0 Å². The van der Waals surface area contributed by atoms with Crippen molar-refractivity contribution in [1.29, 1.82) is 0 Å². The number of ether oxygens (including phenoxy) is 1. The maximum Gasteiger partial charge on any atom is 0.139 e. The van der Waals surface area contributed by atoms with Crippen molar-refractivity contribution in [1.82, 2.24) is 0 Å². The van der Waals surface area contributed by atoms with Gasteiger partial charge in [-0.2, -0.15) is 0 Å². The molecule has 0 saturated heterocycles. The van der Waals surface area contributed by atoms with Gasteiger partial charge in [0.2, 0.25) is 0 Å². The van der Waals surface area contributed by atoms with Gasteiger partial charge in [0.1, 0.15) is 5.75 Å². The highest BCUT2D eigenvalue weighted by molar-refractivity contribution is 6.35. The standard InChI is InChI=1S/C13H17Cl2NO/c1-17-11-7-9(14)6-10(12(11)15)13(8-16)4-2-3-5-13/h6-7H,2-5,8,16H2,1H3. The molecule has 94 valence electrons. The molecule has 1 fully saturated rings. The van der Waals surface area contributed by atoms with E-state index in [9.17, 15) is 0 Å². The quantitative estimate of drug-likeness (QED) is 0.910. The Balaban J connectivity index is 2.53. The summed E-state index contributed by atoms with van der Waals surface area (Å²) in [6.07, 6.45) is 4.55. The first-order valence-electron chi connectivity index (χ1n) is 5.86. The molecule has 4 heteroatoms. The summed E-state index contributed by atoms with van der Waals surface area (Å²) in [4.78, 5) is 0. The molecule has 0 heterocycles. The van der Waals surface area contributed by atoms with E-state index in [0.717, 1.165) is 18.4 Å². The van der Waals surface area contributed by atoms with Crippen molar-refractivity contribution in [2.45, 2.75) is 31.1 Å². The lowest BCUT2D eigenvalue weighted by Crippen LogP contribution is -2.32. The molecule has 2 nitrogen and oxygen atoms in total. The second-order valence-electron chi connectivity index (χ2n) is 4.66. The fourth-order valence-corrected chi connectivity index (χ4v) is 3.33. The molecule has 17 heavy (non-hydrogen) atoms. The van der Waals surface area contributed by atoms with Crippen LogP contribution >= 0.6 is 23.2 Å². The Hall–Kier alpha value is -0.440. The number of nitrogens with two attached hydrogens (primary N) is 1. The molecule has 0 aromatic heterocycles. The first kappa shape index (κ1) is 13.0. The summed E-state index contributed by atoms with van der Waals surface area (Å²) in [5.74, 6) is 0.633. The molecule has 0 aliphatic heterocycles. The largest absolute Gasteiger partial charge is 0.495 e. The van der Waals surface area contributed by atoms with Gasteiger partial charge in [-0.25, -0.2) is 0 Å². The summed E-state index contributed by atoms with van der Waals surface area (Å²) in [6, 6.07) is 3.68. The van der Waals surface area contributed by atoms with Gasteiger partial charge in [-0.15, -0.1) is 0 Å². The van der Waals surface area contributed by atoms with Crippen LogP contribution in [0.5, 0.6) is 5.75 Å². The lowest BCUT2D eigenvalue weighted by Gasteiger charge is -2.29. The normalized spacial score (nSPS) is 18.4. The van der Waals surface area contributed by atoms with Crippen LogP contribution in [-0.2, 0) is 5.41 Å². The molecule has 0 radical (unpaired) electrons. The Kier molecular flexibility index (Phi) is 3.86. The van der Waals surface area contributed by atoms with Crippen molar-refractivity contribution in [3.05, 3.63) is 27.7 Å². The predicted molar refractivity (Wildman–Crippen MR) is 72.2 cm³/mol. The summed E-state index contributed by atoms with van der Waals surface area (Å²) in [5.41, 5.74) is 7.00. The Labute approximate surface area is 112 Å². The van der Waals surface area contributed by atoms with E-state index in [4.69, 9.17) is 33.7 Å². The molecule has 0 amide bonds. The van der Waals surface area contributed by atoms with Gasteiger partial charge >= 0.3 is 0 Å². The topological polar surface area (TPSA) is 35.2 Å². The van der Waals surface area contributed by atoms with Gasteiger partial charge in [-0.05, 0) is 24.5 Å². The highest BCUT2D eigenvalue weighted by Crippen LogP contribution is 2.46. The van der Waals surface area contributed by atoms with Gasteiger partial charge in [-0.1, -0.05) is 36.0 Å². The number of hydrogen-bond donors (Lipinski definition) is 1. The summed E-state index contributed by atoms with van der Waals surface area (Å²) in [6.45, 7) is 0.607. The average molecular weight is 274 g/mol. The SMILES string of the molecule is COc1cc(Cl)cc(C2(CN)CCCC2)c1Cl. The van der Waals surface area contributed by atoms with Crippen LogP contribution in [0.4, 0.5) is 0 Å². The molecule has 1 aromatic rings. The van der Waals surface area contributed by atoms with Gasteiger partial charge in [0.05, 0.1) is 12.1 Å². The summed E-state index contributed by atoms with van der Waals surface area (Å²) >= 11 is 12.5. The molecule has 2 rings (SSSR count). The second-order valence-corrected chi connectivity index (χ2v) is 5.48. The van der Waals surface area contributed by atoms with Crippen molar-refractivity contribution in [3.63, 3.8) is 0 Å². The Morgan fingerprint density at radius 1 is 1.29 bits per heavy atom. The van der Waals surface area contributed by atoms with Gasteiger partial charge in [0.25, 0.3) is 0 Å².